The highest BCUT2D eigenvalue weighted by molar-refractivity contribution is 5.71. The second kappa shape index (κ2) is 5.69. The van der Waals surface area contributed by atoms with E-state index in [0.717, 1.165) is 16.9 Å². The number of nitrogens with zero attached hydrogens (tertiary/aromatic N) is 1. The van der Waals surface area contributed by atoms with E-state index in [9.17, 15) is 10.0 Å². The van der Waals surface area contributed by atoms with Crippen LogP contribution < -0.4 is 14.5 Å². The van der Waals surface area contributed by atoms with Crippen LogP contribution in [0.2, 0.25) is 0 Å². The van der Waals surface area contributed by atoms with E-state index in [0.29, 0.717) is 23.6 Å². The van der Waals surface area contributed by atoms with Gasteiger partial charge in [-0.05, 0) is 36.8 Å². The highest BCUT2D eigenvalue weighted by atomic mass is 16.7. The number of fused-ring (bicyclic) bond motifs is 1. The lowest BCUT2D eigenvalue weighted by molar-refractivity contribution is -0.113. The Kier molecular flexibility index (Phi) is 3.73. The first-order valence-electron chi connectivity index (χ1n) is 7.01. The van der Waals surface area contributed by atoms with E-state index < -0.39 is 5.54 Å². The van der Waals surface area contributed by atoms with Gasteiger partial charge in [-0.3, -0.25) is 5.21 Å². The molecule has 114 valence electrons. The molecule has 0 fully saturated rings. The van der Waals surface area contributed by atoms with Crippen molar-refractivity contribution in [3.05, 3.63) is 54.1 Å². The predicted octanol–water partition coefficient (Wildman–Crippen LogP) is 2.81. The van der Waals surface area contributed by atoms with E-state index in [1.807, 2.05) is 36.4 Å². The Balaban J connectivity index is 1.85. The standard InChI is InChI=1S/C17H17NO4/c1-17(11-19,18(20)14-5-3-2-4-6-14)10-13-7-8-15-16(9-13)22-12-21-15/h2-9,11,20H,10,12H2,1H3. The minimum absolute atomic E-state index is 0.208. The van der Waals surface area contributed by atoms with Crippen LogP contribution in [0.4, 0.5) is 5.69 Å². The molecule has 0 spiro atoms. The lowest BCUT2D eigenvalue weighted by Gasteiger charge is -2.33. The summed E-state index contributed by atoms with van der Waals surface area (Å²) in [5, 5.41) is 11.4. The smallest absolute Gasteiger partial charge is 0.231 e. The second-order valence-corrected chi connectivity index (χ2v) is 5.49. The molecule has 0 aromatic heterocycles. The maximum atomic E-state index is 11.6. The van der Waals surface area contributed by atoms with E-state index >= 15 is 0 Å². The summed E-state index contributed by atoms with van der Waals surface area (Å²) in [5.41, 5.74) is 0.376. The van der Waals surface area contributed by atoms with Crippen molar-refractivity contribution >= 4 is 12.0 Å². The van der Waals surface area contributed by atoms with Gasteiger partial charge in [0.25, 0.3) is 0 Å². The summed E-state index contributed by atoms with van der Waals surface area (Å²) in [4.78, 5) is 11.6. The summed E-state index contributed by atoms with van der Waals surface area (Å²) in [6.07, 6.45) is 1.10. The van der Waals surface area contributed by atoms with Crippen molar-refractivity contribution in [2.45, 2.75) is 18.9 Å². The molecular formula is C17H17NO4. The van der Waals surface area contributed by atoms with Gasteiger partial charge in [-0.15, -0.1) is 0 Å². The molecular weight excluding hydrogens is 282 g/mol. The van der Waals surface area contributed by atoms with Crippen LogP contribution in [0.25, 0.3) is 0 Å². The van der Waals surface area contributed by atoms with Crippen LogP contribution in [0.15, 0.2) is 48.5 Å². The fourth-order valence-corrected chi connectivity index (χ4v) is 2.49. The van der Waals surface area contributed by atoms with Crippen molar-refractivity contribution in [1.29, 1.82) is 0 Å². The molecule has 0 aliphatic carbocycles. The number of benzene rings is 2. The van der Waals surface area contributed by atoms with Gasteiger partial charge in [-0.25, -0.2) is 5.06 Å². The number of carbonyl (C=O) groups excluding carboxylic acids is 1. The number of para-hydroxylation sites is 1. The maximum Gasteiger partial charge on any atom is 0.231 e. The van der Waals surface area contributed by atoms with Crippen LogP contribution in [-0.4, -0.2) is 23.8 Å². The maximum absolute atomic E-state index is 11.6. The SMILES string of the molecule is CC(C=O)(Cc1ccc2c(c1)OCO2)N(O)c1ccccc1. The molecule has 1 heterocycles. The number of hydrogen-bond donors (Lipinski definition) is 1. The largest absolute Gasteiger partial charge is 0.454 e. The molecule has 2 aromatic rings. The quantitative estimate of drug-likeness (QED) is 0.679. The molecule has 2 aromatic carbocycles. The van der Waals surface area contributed by atoms with Gasteiger partial charge < -0.3 is 14.3 Å². The third kappa shape index (κ3) is 2.63. The number of hydroxylamine groups is 1. The van der Waals surface area contributed by atoms with Gasteiger partial charge in [0.1, 0.15) is 11.8 Å². The van der Waals surface area contributed by atoms with Gasteiger partial charge in [-0.1, -0.05) is 24.3 Å². The third-order valence-electron chi connectivity index (χ3n) is 3.74. The Labute approximate surface area is 128 Å². The lowest BCUT2D eigenvalue weighted by atomic mass is 9.93. The monoisotopic (exact) mass is 299 g/mol. The van der Waals surface area contributed by atoms with Gasteiger partial charge in [0.2, 0.25) is 6.79 Å². The number of carbonyl (C=O) groups is 1. The molecule has 3 rings (SSSR count). The molecule has 22 heavy (non-hydrogen) atoms. The number of hydrogen-bond acceptors (Lipinski definition) is 5. The van der Waals surface area contributed by atoms with Crippen LogP contribution in [0.1, 0.15) is 12.5 Å². The molecule has 5 heteroatoms. The van der Waals surface area contributed by atoms with Crippen molar-refractivity contribution in [2.75, 3.05) is 11.9 Å². The van der Waals surface area contributed by atoms with Gasteiger partial charge in [0.05, 0.1) is 5.69 Å². The van der Waals surface area contributed by atoms with Gasteiger partial charge >= 0.3 is 0 Å². The van der Waals surface area contributed by atoms with E-state index in [-0.39, 0.29) is 6.79 Å². The zero-order chi connectivity index (χ0) is 15.6. The van der Waals surface area contributed by atoms with Crippen molar-refractivity contribution in [3.8, 4) is 11.5 Å². The van der Waals surface area contributed by atoms with Crippen LogP contribution >= 0.6 is 0 Å². The average Bonchev–Trinajstić information content (AvgIpc) is 3.02. The Hall–Kier alpha value is -2.53. The molecule has 0 bridgehead atoms. The van der Waals surface area contributed by atoms with Crippen molar-refractivity contribution in [2.24, 2.45) is 0 Å². The first-order valence-corrected chi connectivity index (χ1v) is 7.01. The lowest BCUT2D eigenvalue weighted by Crippen LogP contribution is -2.48. The fraction of sp³-hybridized carbons (Fsp3) is 0.235. The first-order chi connectivity index (χ1) is 10.6. The van der Waals surface area contributed by atoms with Crippen LogP contribution in [0.3, 0.4) is 0 Å². The molecule has 0 saturated carbocycles. The molecule has 1 aliphatic heterocycles. The molecule has 0 radical (unpaired) electrons. The molecule has 1 atom stereocenters. The number of ether oxygens (including phenoxy) is 2. The second-order valence-electron chi connectivity index (χ2n) is 5.49. The molecule has 1 aliphatic rings. The number of anilines is 1. The molecule has 0 saturated heterocycles. The summed E-state index contributed by atoms with van der Waals surface area (Å²) in [7, 11) is 0. The summed E-state index contributed by atoms with van der Waals surface area (Å²) < 4.78 is 10.6. The van der Waals surface area contributed by atoms with Crippen LogP contribution in [-0.2, 0) is 11.2 Å². The Morgan fingerprint density at radius 2 is 1.91 bits per heavy atom. The summed E-state index contributed by atoms with van der Waals surface area (Å²) in [6, 6.07) is 14.5. The molecule has 1 unspecified atom stereocenters. The molecule has 1 N–H and O–H groups in total. The van der Waals surface area contributed by atoms with Gasteiger partial charge in [0.15, 0.2) is 11.5 Å². The molecule has 0 amide bonds. The van der Waals surface area contributed by atoms with Gasteiger partial charge in [0, 0.05) is 6.42 Å². The van der Waals surface area contributed by atoms with Gasteiger partial charge in [-0.2, -0.15) is 0 Å². The van der Waals surface area contributed by atoms with E-state index in [1.54, 1.807) is 19.1 Å². The highest BCUT2D eigenvalue weighted by Crippen LogP contribution is 2.34. The summed E-state index contributed by atoms with van der Waals surface area (Å²) >= 11 is 0. The van der Waals surface area contributed by atoms with Crippen molar-refractivity contribution < 1.29 is 19.5 Å². The van der Waals surface area contributed by atoms with Crippen molar-refractivity contribution in [3.63, 3.8) is 0 Å². The normalized spacial score (nSPS) is 15.2. The first kappa shape index (κ1) is 14.4. The minimum Gasteiger partial charge on any atom is -0.454 e. The topological polar surface area (TPSA) is 59.0 Å². The third-order valence-corrected chi connectivity index (χ3v) is 3.74. The molecule has 5 nitrogen and oxygen atoms in total. The zero-order valence-electron chi connectivity index (χ0n) is 12.2. The minimum atomic E-state index is -1.07. The summed E-state index contributed by atoms with van der Waals surface area (Å²) in [6.45, 7) is 1.90. The average molecular weight is 299 g/mol. The van der Waals surface area contributed by atoms with E-state index in [4.69, 9.17) is 9.47 Å². The number of rotatable bonds is 5. The Morgan fingerprint density at radius 3 is 2.64 bits per heavy atom. The van der Waals surface area contributed by atoms with Crippen LogP contribution in [0, 0.1) is 0 Å². The Bertz CT molecular complexity index is 674. The fourth-order valence-electron chi connectivity index (χ4n) is 2.49. The zero-order valence-corrected chi connectivity index (χ0v) is 12.2. The Morgan fingerprint density at radius 1 is 1.18 bits per heavy atom. The van der Waals surface area contributed by atoms with E-state index in [1.165, 1.54) is 0 Å². The van der Waals surface area contributed by atoms with Crippen LogP contribution in [0.5, 0.6) is 11.5 Å². The van der Waals surface area contributed by atoms with Crippen molar-refractivity contribution in [1.82, 2.24) is 0 Å². The highest BCUT2D eigenvalue weighted by Gasteiger charge is 2.32. The predicted molar refractivity (Wildman–Crippen MR) is 81.4 cm³/mol. The number of aldehydes is 1. The summed E-state index contributed by atoms with van der Waals surface area (Å²) in [5.74, 6) is 1.36. The van der Waals surface area contributed by atoms with E-state index in [2.05, 4.69) is 0 Å².